The third-order valence-electron chi connectivity index (χ3n) is 2.94. The lowest BCUT2D eigenvalue weighted by molar-refractivity contribution is 0.607. The van der Waals surface area contributed by atoms with Gasteiger partial charge in [-0.1, -0.05) is 62.4 Å². The molecule has 0 saturated carbocycles. The molecule has 0 radical (unpaired) electrons. The highest BCUT2D eigenvalue weighted by molar-refractivity contribution is 9.23. The van der Waals surface area contributed by atoms with E-state index in [1.165, 1.54) is 55.1 Å². The second-order valence-electron chi connectivity index (χ2n) is 4.40. The van der Waals surface area contributed by atoms with Crippen LogP contribution in [0.4, 0.5) is 0 Å². The fraction of sp³-hybridized carbons (Fsp3) is 0.571. The SMILES string of the molecule is [Br][Mg][CH2]CCCCCCCc1ccccc1. The van der Waals surface area contributed by atoms with Crippen molar-refractivity contribution in [2.45, 2.75) is 49.5 Å². The van der Waals surface area contributed by atoms with Crippen LogP contribution < -0.4 is 0 Å². The molecule has 0 saturated heterocycles. The topological polar surface area (TPSA) is 0 Å². The van der Waals surface area contributed by atoms with Gasteiger partial charge in [0, 0.05) is 0 Å². The van der Waals surface area contributed by atoms with Crippen molar-refractivity contribution in [2.24, 2.45) is 0 Å². The molecule has 0 N–H and O–H groups in total. The summed E-state index contributed by atoms with van der Waals surface area (Å²) in [5.41, 5.74) is 1.49. The Bertz CT molecular complexity index is 248. The molecule has 0 nitrogen and oxygen atoms in total. The Morgan fingerprint density at radius 3 is 2.12 bits per heavy atom. The van der Waals surface area contributed by atoms with E-state index in [-0.39, 0.29) is 18.2 Å². The normalized spacial score (nSPS) is 10.1. The molecule has 0 atom stereocenters. The molecule has 1 aromatic rings. The second-order valence-corrected chi connectivity index (χ2v) is 7.86. The Morgan fingerprint density at radius 1 is 0.812 bits per heavy atom. The number of hydrogen-bond donors (Lipinski definition) is 0. The van der Waals surface area contributed by atoms with Gasteiger partial charge in [-0.2, -0.15) is 0 Å². The number of rotatable bonds is 9. The summed E-state index contributed by atoms with van der Waals surface area (Å²) in [6.07, 6.45) is 9.79. The van der Waals surface area contributed by atoms with Crippen LogP contribution in [0.5, 0.6) is 0 Å². The molecule has 0 fully saturated rings. The van der Waals surface area contributed by atoms with Crippen molar-refractivity contribution < 1.29 is 0 Å². The fourth-order valence-corrected chi connectivity index (χ4v) is 3.68. The van der Waals surface area contributed by atoms with Crippen LogP contribution in [-0.2, 0) is 6.42 Å². The fourth-order valence-electron chi connectivity index (χ4n) is 1.95. The Kier molecular flexibility index (Phi) is 9.63. The van der Waals surface area contributed by atoms with Crippen molar-refractivity contribution in [3.63, 3.8) is 0 Å². The molecular weight excluding hydrogens is 272 g/mol. The maximum Gasteiger partial charge on any atom is 0.468 e. The van der Waals surface area contributed by atoms with E-state index in [0.717, 1.165) is 0 Å². The Labute approximate surface area is 116 Å². The summed E-state index contributed by atoms with van der Waals surface area (Å²) in [6, 6.07) is 10.8. The monoisotopic (exact) mass is 292 g/mol. The standard InChI is InChI=1S/C14H21.BrH.Mg/c1-2-3-4-5-6-8-11-14-12-9-7-10-13-14;;/h7,9-10,12-13H,1-6,8,11H2;1H;/q;;+1/p-1. The first-order chi connectivity index (χ1) is 7.93. The molecule has 0 aliphatic carbocycles. The summed E-state index contributed by atoms with van der Waals surface area (Å²) >= 11 is 3.76. The molecule has 0 unspecified atom stereocenters. The summed E-state index contributed by atoms with van der Waals surface area (Å²) in [7, 11) is 0. The zero-order valence-corrected chi connectivity index (χ0v) is 13.1. The van der Waals surface area contributed by atoms with Crippen LogP contribution in [0.15, 0.2) is 30.3 Å². The van der Waals surface area contributed by atoms with Gasteiger partial charge in [0.2, 0.25) is 0 Å². The first-order valence-electron chi connectivity index (χ1n) is 6.53. The molecule has 0 aliphatic heterocycles. The maximum atomic E-state index is 3.61. The summed E-state index contributed by atoms with van der Waals surface area (Å²) in [6.45, 7) is 0. The molecule has 16 heavy (non-hydrogen) atoms. The van der Waals surface area contributed by atoms with Crippen LogP contribution in [0.25, 0.3) is 0 Å². The molecule has 0 bridgehead atoms. The molecule has 1 rings (SSSR count). The summed E-state index contributed by atoms with van der Waals surface area (Å²) in [4.78, 5) is 0. The molecule has 0 heterocycles. The average Bonchev–Trinajstić information content (AvgIpc) is 2.34. The highest BCUT2D eigenvalue weighted by atomic mass is 79.9. The van der Waals surface area contributed by atoms with Crippen LogP contribution in [0.3, 0.4) is 0 Å². The van der Waals surface area contributed by atoms with Crippen LogP contribution >= 0.6 is 12.9 Å². The van der Waals surface area contributed by atoms with Crippen LogP contribution in [0.2, 0.25) is 4.55 Å². The lowest BCUT2D eigenvalue weighted by Crippen LogP contribution is -1.86. The van der Waals surface area contributed by atoms with E-state index in [1.54, 1.807) is 0 Å². The minimum absolute atomic E-state index is 0.148. The first-order valence-corrected chi connectivity index (χ1v) is 11.4. The summed E-state index contributed by atoms with van der Waals surface area (Å²) in [5.74, 6) is 0. The van der Waals surface area contributed by atoms with E-state index < -0.39 is 0 Å². The van der Waals surface area contributed by atoms with Crippen LogP contribution in [0.1, 0.15) is 44.1 Å². The van der Waals surface area contributed by atoms with Gasteiger partial charge in [0.15, 0.2) is 0 Å². The van der Waals surface area contributed by atoms with Crippen LogP contribution in [-0.4, -0.2) is 18.2 Å². The zero-order chi connectivity index (χ0) is 11.5. The molecule has 0 aliphatic rings. The molecule has 0 spiro atoms. The van der Waals surface area contributed by atoms with Gasteiger partial charge in [-0.25, -0.2) is 0 Å². The maximum absolute atomic E-state index is 3.61. The van der Waals surface area contributed by atoms with Crippen LogP contribution in [0, 0.1) is 0 Å². The largest absolute Gasteiger partial charge is 0.468 e. The quantitative estimate of drug-likeness (QED) is 0.444. The predicted octanol–water partition coefficient (Wildman–Crippen LogP) is 5.00. The molecular formula is C14H21BrMg. The number of hydrogen-bond acceptors (Lipinski definition) is 0. The number of aryl methyl sites for hydroxylation is 1. The highest BCUT2D eigenvalue weighted by Crippen LogP contribution is 2.10. The van der Waals surface area contributed by atoms with Gasteiger partial charge in [0.25, 0.3) is 0 Å². The Morgan fingerprint density at radius 2 is 1.44 bits per heavy atom. The van der Waals surface area contributed by atoms with Crippen molar-refractivity contribution in [1.29, 1.82) is 0 Å². The van der Waals surface area contributed by atoms with E-state index in [4.69, 9.17) is 0 Å². The zero-order valence-electron chi connectivity index (χ0n) is 10.1. The van der Waals surface area contributed by atoms with E-state index >= 15 is 0 Å². The van der Waals surface area contributed by atoms with Gasteiger partial charge in [-0.15, -0.1) is 4.55 Å². The van der Waals surface area contributed by atoms with Crippen molar-refractivity contribution in [1.82, 2.24) is 0 Å². The van der Waals surface area contributed by atoms with Gasteiger partial charge in [0.05, 0.1) is 0 Å². The number of benzene rings is 1. The summed E-state index contributed by atoms with van der Waals surface area (Å²) in [5, 5.41) is 0. The van der Waals surface area contributed by atoms with Crippen molar-refractivity contribution in [3.8, 4) is 0 Å². The molecule has 0 amide bonds. The lowest BCUT2D eigenvalue weighted by atomic mass is 10.1. The minimum atomic E-state index is 0.148. The molecule has 2 heteroatoms. The van der Waals surface area contributed by atoms with E-state index in [9.17, 15) is 0 Å². The first kappa shape index (κ1) is 14.5. The Balaban J connectivity index is 1.89. The van der Waals surface area contributed by atoms with Gasteiger partial charge in [-0.05, 0) is 18.4 Å². The van der Waals surface area contributed by atoms with Gasteiger partial charge in [-0.3, -0.25) is 0 Å². The number of unbranched alkanes of at least 4 members (excludes halogenated alkanes) is 5. The van der Waals surface area contributed by atoms with E-state index in [2.05, 4.69) is 43.2 Å². The average molecular weight is 294 g/mol. The van der Waals surface area contributed by atoms with E-state index in [0.29, 0.717) is 0 Å². The minimum Gasteiger partial charge on any atom is -0.307 e. The van der Waals surface area contributed by atoms with Crippen molar-refractivity contribution >= 4 is 31.1 Å². The van der Waals surface area contributed by atoms with Gasteiger partial charge < -0.3 is 12.9 Å². The molecule has 86 valence electrons. The van der Waals surface area contributed by atoms with Crippen molar-refractivity contribution in [2.75, 3.05) is 0 Å². The molecule has 1 aromatic carbocycles. The number of halogens is 1. The third-order valence-corrected chi connectivity index (χ3v) is 5.39. The molecule has 0 aromatic heterocycles. The smallest absolute Gasteiger partial charge is 0.307 e. The van der Waals surface area contributed by atoms with Gasteiger partial charge in [0.1, 0.15) is 0 Å². The lowest BCUT2D eigenvalue weighted by Gasteiger charge is -2.02. The highest BCUT2D eigenvalue weighted by Gasteiger charge is 1.94. The predicted molar refractivity (Wildman–Crippen MR) is 77.3 cm³/mol. The van der Waals surface area contributed by atoms with Gasteiger partial charge >= 0.3 is 18.2 Å². The third kappa shape index (κ3) is 7.69. The summed E-state index contributed by atoms with van der Waals surface area (Å²) < 4.78 is 1.48. The Hall–Kier alpha value is 0.466. The van der Waals surface area contributed by atoms with E-state index in [1.807, 2.05) is 0 Å². The second kappa shape index (κ2) is 10.6. The van der Waals surface area contributed by atoms with Crippen molar-refractivity contribution in [3.05, 3.63) is 35.9 Å².